The monoisotopic (exact) mass is 213 g/mol. The Morgan fingerprint density at radius 2 is 2.00 bits per heavy atom. The maximum Gasteiger partial charge on any atom is 0.0589 e. The van der Waals surface area contributed by atoms with Crippen LogP contribution in [0.15, 0.2) is 0 Å². The molecule has 0 bridgehead atoms. The zero-order chi connectivity index (χ0) is 10.0. The molecule has 1 N–H and O–H groups in total. The van der Waals surface area contributed by atoms with E-state index in [-0.39, 0.29) is 0 Å². The lowest BCUT2D eigenvalue weighted by molar-refractivity contribution is 0.189. The van der Waals surface area contributed by atoms with Crippen molar-refractivity contribution in [1.82, 2.24) is 5.32 Å². The Hall–Kier alpha value is 0.310. The van der Waals surface area contributed by atoms with Crippen LogP contribution in [0.1, 0.15) is 52.4 Å². The third-order valence-corrected chi connectivity index (χ3v) is 5.61. The van der Waals surface area contributed by atoms with Crippen LogP contribution in [0.4, 0.5) is 0 Å². The summed E-state index contributed by atoms with van der Waals surface area (Å²) in [5, 5.41) is 4.56. The Morgan fingerprint density at radius 1 is 1.29 bits per heavy atom. The van der Waals surface area contributed by atoms with Crippen LogP contribution in [0.2, 0.25) is 0 Å². The largest absolute Gasteiger partial charge is 0.301 e. The van der Waals surface area contributed by atoms with Crippen LogP contribution in [-0.2, 0) is 0 Å². The minimum atomic E-state index is 0.590. The second-order valence-electron chi connectivity index (χ2n) is 5.20. The van der Waals surface area contributed by atoms with Gasteiger partial charge in [-0.05, 0) is 24.7 Å². The van der Waals surface area contributed by atoms with Crippen molar-refractivity contribution >= 4 is 11.8 Å². The molecule has 2 aliphatic rings. The van der Waals surface area contributed by atoms with Gasteiger partial charge in [0.15, 0.2) is 0 Å². The molecular formula is C12H23NS. The lowest BCUT2D eigenvalue weighted by atomic mass is 9.75. The van der Waals surface area contributed by atoms with Crippen molar-refractivity contribution in [2.45, 2.75) is 63.8 Å². The highest BCUT2D eigenvalue weighted by atomic mass is 32.2. The van der Waals surface area contributed by atoms with Crippen LogP contribution in [0, 0.1) is 5.41 Å². The average Bonchev–Trinajstić information content (AvgIpc) is 2.67. The van der Waals surface area contributed by atoms with E-state index in [2.05, 4.69) is 30.9 Å². The van der Waals surface area contributed by atoms with Crippen LogP contribution >= 0.6 is 11.8 Å². The van der Waals surface area contributed by atoms with Crippen molar-refractivity contribution in [1.29, 1.82) is 0 Å². The maximum absolute atomic E-state index is 3.81. The third kappa shape index (κ3) is 2.11. The summed E-state index contributed by atoms with van der Waals surface area (Å²) in [5.41, 5.74) is 0.590. The van der Waals surface area contributed by atoms with Gasteiger partial charge in [-0.25, -0.2) is 0 Å². The van der Waals surface area contributed by atoms with Crippen LogP contribution in [0.3, 0.4) is 0 Å². The SMILES string of the molecule is CCC1CSC(C2(C)CCCCC2)N1. The summed E-state index contributed by atoms with van der Waals surface area (Å²) >= 11 is 2.17. The zero-order valence-electron chi connectivity index (χ0n) is 9.51. The summed E-state index contributed by atoms with van der Waals surface area (Å²) in [6, 6.07) is 0.781. The van der Waals surface area contributed by atoms with E-state index in [1.54, 1.807) is 0 Å². The second kappa shape index (κ2) is 4.44. The molecule has 2 unspecified atom stereocenters. The number of rotatable bonds is 2. The molecule has 0 aromatic carbocycles. The van der Waals surface area contributed by atoms with Crippen molar-refractivity contribution in [2.24, 2.45) is 5.41 Å². The lowest BCUT2D eigenvalue weighted by Gasteiger charge is -2.38. The smallest absolute Gasteiger partial charge is 0.0589 e. The normalized spacial score (nSPS) is 37.3. The van der Waals surface area contributed by atoms with Gasteiger partial charge in [0.05, 0.1) is 5.37 Å². The van der Waals surface area contributed by atoms with Crippen LogP contribution in [0.25, 0.3) is 0 Å². The predicted octanol–water partition coefficient (Wildman–Crippen LogP) is 3.40. The summed E-state index contributed by atoms with van der Waals surface area (Å²) in [5.74, 6) is 1.33. The molecule has 0 amide bonds. The van der Waals surface area contributed by atoms with Crippen molar-refractivity contribution < 1.29 is 0 Å². The summed E-state index contributed by atoms with van der Waals surface area (Å²) in [6.45, 7) is 4.79. The Kier molecular flexibility index (Phi) is 3.43. The number of hydrogen-bond donors (Lipinski definition) is 1. The van der Waals surface area contributed by atoms with E-state index in [4.69, 9.17) is 0 Å². The first-order valence-corrected chi connectivity index (χ1v) is 7.17. The Balaban J connectivity index is 1.93. The molecule has 2 fully saturated rings. The van der Waals surface area contributed by atoms with Gasteiger partial charge in [-0.3, -0.25) is 0 Å². The fourth-order valence-electron chi connectivity index (χ4n) is 2.78. The molecule has 1 aliphatic heterocycles. The molecular weight excluding hydrogens is 190 g/mol. The number of nitrogens with one attached hydrogen (secondary N) is 1. The average molecular weight is 213 g/mol. The van der Waals surface area contributed by atoms with Crippen molar-refractivity contribution in [3.63, 3.8) is 0 Å². The topological polar surface area (TPSA) is 12.0 Å². The van der Waals surface area contributed by atoms with Gasteiger partial charge in [-0.1, -0.05) is 33.1 Å². The summed E-state index contributed by atoms with van der Waals surface area (Å²) in [4.78, 5) is 0. The van der Waals surface area contributed by atoms with E-state index >= 15 is 0 Å². The third-order valence-electron chi connectivity index (χ3n) is 3.97. The molecule has 82 valence electrons. The molecule has 1 saturated carbocycles. The van der Waals surface area contributed by atoms with Gasteiger partial charge in [0.2, 0.25) is 0 Å². The predicted molar refractivity (Wildman–Crippen MR) is 64.7 cm³/mol. The molecule has 1 aliphatic carbocycles. The number of hydrogen-bond acceptors (Lipinski definition) is 2. The van der Waals surface area contributed by atoms with Gasteiger partial charge in [0.25, 0.3) is 0 Å². The standard InChI is InChI=1S/C12H23NS/c1-3-10-9-14-11(13-10)12(2)7-5-4-6-8-12/h10-11,13H,3-9H2,1-2H3. The highest BCUT2D eigenvalue weighted by molar-refractivity contribution is 8.00. The van der Waals surface area contributed by atoms with Gasteiger partial charge in [-0.15, -0.1) is 11.8 Å². The molecule has 2 atom stereocenters. The minimum absolute atomic E-state index is 0.590. The van der Waals surface area contributed by atoms with Gasteiger partial charge in [0, 0.05) is 11.8 Å². The Labute approximate surface area is 92.4 Å². The van der Waals surface area contributed by atoms with Gasteiger partial charge in [-0.2, -0.15) is 0 Å². The Bertz CT molecular complexity index is 187. The van der Waals surface area contributed by atoms with E-state index in [0.717, 1.165) is 11.4 Å². The quantitative estimate of drug-likeness (QED) is 0.754. The summed E-state index contributed by atoms with van der Waals surface area (Å²) in [7, 11) is 0. The van der Waals surface area contributed by atoms with Gasteiger partial charge >= 0.3 is 0 Å². The molecule has 0 radical (unpaired) electrons. The van der Waals surface area contributed by atoms with Crippen LogP contribution in [0.5, 0.6) is 0 Å². The van der Waals surface area contributed by atoms with Crippen LogP contribution in [-0.4, -0.2) is 17.2 Å². The van der Waals surface area contributed by atoms with Crippen molar-refractivity contribution in [3.05, 3.63) is 0 Å². The van der Waals surface area contributed by atoms with E-state index in [1.165, 1.54) is 44.3 Å². The maximum atomic E-state index is 3.81. The minimum Gasteiger partial charge on any atom is -0.301 e. The molecule has 1 saturated heterocycles. The zero-order valence-corrected chi connectivity index (χ0v) is 10.3. The lowest BCUT2D eigenvalue weighted by Crippen LogP contribution is -2.42. The van der Waals surface area contributed by atoms with Crippen molar-refractivity contribution in [2.75, 3.05) is 5.75 Å². The number of thioether (sulfide) groups is 1. The van der Waals surface area contributed by atoms with Crippen LogP contribution < -0.4 is 5.32 Å². The molecule has 2 heteroatoms. The molecule has 0 aromatic rings. The molecule has 2 rings (SSSR count). The van der Waals surface area contributed by atoms with E-state index in [9.17, 15) is 0 Å². The van der Waals surface area contributed by atoms with E-state index < -0.39 is 0 Å². The van der Waals surface area contributed by atoms with Gasteiger partial charge in [0.1, 0.15) is 0 Å². The molecule has 1 heterocycles. The fourth-order valence-corrected chi connectivity index (χ4v) is 4.47. The highest BCUT2D eigenvalue weighted by Gasteiger charge is 2.39. The molecule has 14 heavy (non-hydrogen) atoms. The highest BCUT2D eigenvalue weighted by Crippen LogP contribution is 2.44. The van der Waals surface area contributed by atoms with E-state index in [1.807, 2.05) is 0 Å². The van der Waals surface area contributed by atoms with E-state index in [0.29, 0.717) is 5.41 Å². The molecule has 0 aromatic heterocycles. The van der Waals surface area contributed by atoms with Gasteiger partial charge < -0.3 is 5.32 Å². The molecule has 1 nitrogen and oxygen atoms in total. The Morgan fingerprint density at radius 3 is 2.57 bits per heavy atom. The molecule has 0 spiro atoms. The first kappa shape index (κ1) is 10.8. The first-order chi connectivity index (χ1) is 6.74. The summed E-state index contributed by atoms with van der Waals surface area (Å²) in [6.07, 6.45) is 8.53. The fraction of sp³-hybridized carbons (Fsp3) is 1.00. The van der Waals surface area contributed by atoms with Crippen molar-refractivity contribution in [3.8, 4) is 0 Å². The first-order valence-electron chi connectivity index (χ1n) is 6.12. The second-order valence-corrected chi connectivity index (χ2v) is 6.34. The summed E-state index contributed by atoms with van der Waals surface area (Å²) < 4.78 is 0.